The van der Waals surface area contributed by atoms with Crippen molar-refractivity contribution in [3.8, 4) is 0 Å². The van der Waals surface area contributed by atoms with Gasteiger partial charge in [0.15, 0.2) is 0 Å². The third-order valence-electron chi connectivity index (χ3n) is 4.70. The van der Waals surface area contributed by atoms with E-state index in [2.05, 4.69) is 10.4 Å². The van der Waals surface area contributed by atoms with Crippen LogP contribution in [0.5, 0.6) is 0 Å². The van der Waals surface area contributed by atoms with Gasteiger partial charge in [0.1, 0.15) is 11.4 Å². The van der Waals surface area contributed by atoms with Gasteiger partial charge in [-0.2, -0.15) is 5.10 Å². The van der Waals surface area contributed by atoms with Crippen LogP contribution in [0.1, 0.15) is 52.5 Å². The highest BCUT2D eigenvalue weighted by Crippen LogP contribution is 2.33. The molecule has 1 aromatic carbocycles. The maximum Gasteiger partial charge on any atom is 0.412 e. The van der Waals surface area contributed by atoms with Crippen molar-refractivity contribution in [3.05, 3.63) is 24.1 Å². The minimum absolute atomic E-state index is 0.0790. The van der Waals surface area contributed by atoms with Gasteiger partial charge < -0.3 is 9.84 Å². The van der Waals surface area contributed by atoms with Crippen molar-refractivity contribution in [3.63, 3.8) is 0 Å². The van der Waals surface area contributed by atoms with Gasteiger partial charge in [0, 0.05) is 24.3 Å². The van der Waals surface area contributed by atoms with Gasteiger partial charge in [-0.3, -0.25) is 10.00 Å². The first kappa shape index (κ1) is 18.6. The molecular formula is C19H26FN3O3. The molecular weight excluding hydrogens is 337 g/mol. The van der Waals surface area contributed by atoms with Gasteiger partial charge in [-0.05, 0) is 58.4 Å². The maximum atomic E-state index is 14.3. The van der Waals surface area contributed by atoms with Crippen LogP contribution in [0, 0.1) is 11.7 Å². The van der Waals surface area contributed by atoms with Gasteiger partial charge in [-0.1, -0.05) is 0 Å². The van der Waals surface area contributed by atoms with Crippen LogP contribution in [0.25, 0.3) is 10.9 Å². The van der Waals surface area contributed by atoms with E-state index < -0.39 is 17.5 Å². The number of fused-ring (bicyclic) bond motifs is 1. The van der Waals surface area contributed by atoms with Crippen molar-refractivity contribution in [2.45, 2.75) is 58.1 Å². The first-order valence-corrected chi connectivity index (χ1v) is 9.04. The molecule has 1 heterocycles. The lowest BCUT2D eigenvalue weighted by atomic mass is 9.87. The molecule has 1 aliphatic rings. The predicted molar refractivity (Wildman–Crippen MR) is 97.6 cm³/mol. The summed E-state index contributed by atoms with van der Waals surface area (Å²) in [5, 5.41) is 17.0. The van der Waals surface area contributed by atoms with Gasteiger partial charge in [0.05, 0.1) is 17.2 Å². The van der Waals surface area contributed by atoms with Crippen LogP contribution in [-0.4, -0.2) is 33.2 Å². The Kier molecular flexibility index (Phi) is 5.18. The summed E-state index contributed by atoms with van der Waals surface area (Å²) >= 11 is 0. The van der Waals surface area contributed by atoms with Crippen LogP contribution in [0.4, 0.5) is 14.9 Å². The third-order valence-corrected chi connectivity index (χ3v) is 4.70. The molecule has 1 saturated carbocycles. The number of nitrogens with one attached hydrogen (secondary N) is 1. The lowest BCUT2D eigenvalue weighted by molar-refractivity contribution is 0.0635. The Bertz CT molecular complexity index is 789. The number of benzene rings is 1. The van der Waals surface area contributed by atoms with Crippen molar-refractivity contribution in [1.29, 1.82) is 0 Å². The van der Waals surface area contributed by atoms with E-state index in [1.54, 1.807) is 26.8 Å². The maximum absolute atomic E-state index is 14.3. The number of halogens is 1. The number of aliphatic hydroxyl groups is 1. The second-order valence-electron chi connectivity index (χ2n) is 7.98. The molecule has 2 aromatic rings. The normalized spacial score (nSPS) is 21.0. The molecule has 142 valence electrons. The summed E-state index contributed by atoms with van der Waals surface area (Å²) in [4.78, 5) is 11.9. The molecule has 6 nitrogen and oxygen atoms in total. The van der Waals surface area contributed by atoms with E-state index in [1.165, 1.54) is 6.07 Å². The Morgan fingerprint density at radius 3 is 2.65 bits per heavy atom. The SMILES string of the molecule is CC(C)(C)OC(=O)Nc1cc2cn(C3CCC(CO)CC3)nc2cc1F. The summed E-state index contributed by atoms with van der Waals surface area (Å²) in [5.41, 5.74) is -0.0139. The van der Waals surface area contributed by atoms with Gasteiger partial charge in [0.25, 0.3) is 0 Å². The second-order valence-corrected chi connectivity index (χ2v) is 7.98. The number of carbonyl (C=O) groups excluding carboxylic acids is 1. The lowest BCUT2D eigenvalue weighted by Crippen LogP contribution is -2.27. The number of hydrogen-bond donors (Lipinski definition) is 2. The molecule has 1 amide bonds. The molecule has 1 fully saturated rings. The first-order chi connectivity index (χ1) is 12.2. The van der Waals surface area contributed by atoms with Crippen LogP contribution >= 0.6 is 0 Å². The number of hydrogen-bond acceptors (Lipinski definition) is 4. The van der Waals surface area contributed by atoms with Crippen molar-refractivity contribution < 1.29 is 19.0 Å². The van der Waals surface area contributed by atoms with E-state index in [-0.39, 0.29) is 18.3 Å². The minimum Gasteiger partial charge on any atom is -0.444 e. The molecule has 0 aliphatic heterocycles. The highest BCUT2D eigenvalue weighted by Gasteiger charge is 2.23. The quantitative estimate of drug-likeness (QED) is 0.855. The number of nitrogens with zero attached hydrogens (tertiary/aromatic N) is 2. The summed E-state index contributed by atoms with van der Waals surface area (Å²) in [6, 6.07) is 3.17. The standard InChI is InChI=1S/C19H26FN3O3/c1-19(2,3)26-18(25)21-17-8-13-10-23(22-16(13)9-15(17)20)14-6-4-12(11-24)5-7-14/h8-10,12,14,24H,4-7,11H2,1-3H3,(H,21,25). The molecule has 0 atom stereocenters. The molecule has 7 heteroatoms. The Morgan fingerprint density at radius 1 is 1.35 bits per heavy atom. The van der Waals surface area contributed by atoms with Crippen molar-refractivity contribution >= 4 is 22.7 Å². The van der Waals surface area contributed by atoms with Crippen molar-refractivity contribution in [2.24, 2.45) is 5.92 Å². The van der Waals surface area contributed by atoms with E-state index in [0.29, 0.717) is 11.4 Å². The number of amides is 1. The van der Waals surface area contributed by atoms with Crippen LogP contribution in [-0.2, 0) is 4.74 Å². The van der Waals surface area contributed by atoms with Crippen LogP contribution in [0.3, 0.4) is 0 Å². The van der Waals surface area contributed by atoms with E-state index >= 15 is 0 Å². The number of anilines is 1. The molecule has 0 radical (unpaired) electrons. The van der Waals surface area contributed by atoms with E-state index in [0.717, 1.165) is 31.1 Å². The fourth-order valence-electron chi connectivity index (χ4n) is 3.35. The molecule has 2 N–H and O–H groups in total. The predicted octanol–water partition coefficient (Wildman–Crippen LogP) is 4.25. The third kappa shape index (κ3) is 4.33. The smallest absolute Gasteiger partial charge is 0.412 e. The van der Waals surface area contributed by atoms with Crippen molar-refractivity contribution in [1.82, 2.24) is 9.78 Å². The van der Waals surface area contributed by atoms with Gasteiger partial charge >= 0.3 is 6.09 Å². The summed E-state index contributed by atoms with van der Waals surface area (Å²) in [6.07, 6.45) is 5.04. The first-order valence-electron chi connectivity index (χ1n) is 9.04. The van der Waals surface area contributed by atoms with E-state index in [4.69, 9.17) is 4.74 Å². The summed E-state index contributed by atoms with van der Waals surface area (Å²) < 4.78 is 21.4. The summed E-state index contributed by atoms with van der Waals surface area (Å²) in [7, 11) is 0. The van der Waals surface area contributed by atoms with Crippen LogP contribution < -0.4 is 5.32 Å². The summed E-state index contributed by atoms with van der Waals surface area (Å²) in [5.74, 6) is -0.170. The van der Waals surface area contributed by atoms with E-state index in [1.807, 2.05) is 10.9 Å². The number of aromatic nitrogens is 2. The highest BCUT2D eigenvalue weighted by atomic mass is 19.1. The topological polar surface area (TPSA) is 76.4 Å². The molecule has 1 aliphatic carbocycles. The van der Waals surface area contributed by atoms with Crippen molar-refractivity contribution in [2.75, 3.05) is 11.9 Å². The molecule has 0 saturated heterocycles. The fraction of sp³-hybridized carbons (Fsp3) is 0.579. The fourth-order valence-corrected chi connectivity index (χ4v) is 3.35. The van der Waals surface area contributed by atoms with Gasteiger partial charge in [-0.15, -0.1) is 0 Å². The zero-order chi connectivity index (χ0) is 18.9. The van der Waals surface area contributed by atoms with E-state index in [9.17, 15) is 14.3 Å². The number of rotatable bonds is 3. The minimum atomic E-state index is -0.689. The summed E-state index contributed by atoms with van der Waals surface area (Å²) in [6.45, 7) is 5.49. The Labute approximate surface area is 152 Å². The zero-order valence-corrected chi connectivity index (χ0v) is 15.5. The second kappa shape index (κ2) is 7.23. The monoisotopic (exact) mass is 363 g/mol. The average molecular weight is 363 g/mol. The molecule has 26 heavy (non-hydrogen) atoms. The Hall–Kier alpha value is -2.15. The molecule has 3 rings (SSSR count). The molecule has 0 bridgehead atoms. The Balaban J connectivity index is 1.77. The molecule has 0 spiro atoms. The average Bonchev–Trinajstić information content (AvgIpc) is 2.96. The van der Waals surface area contributed by atoms with Crippen LogP contribution in [0.15, 0.2) is 18.3 Å². The number of ether oxygens (including phenoxy) is 1. The largest absolute Gasteiger partial charge is 0.444 e. The molecule has 0 unspecified atom stereocenters. The Morgan fingerprint density at radius 2 is 2.04 bits per heavy atom. The number of aliphatic hydroxyl groups excluding tert-OH is 1. The highest BCUT2D eigenvalue weighted by molar-refractivity contribution is 5.90. The molecule has 1 aromatic heterocycles. The zero-order valence-electron chi connectivity index (χ0n) is 15.5. The van der Waals surface area contributed by atoms with Crippen LogP contribution in [0.2, 0.25) is 0 Å². The van der Waals surface area contributed by atoms with Gasteiger partial charge in [0.2, 0.25) is 0 Å². The lowest BCUT2D eigenvalue weighted by Gasteiger charge is -2.27. The number of carbonyl (C=O) groups is 1. The van der Waals surface area contributed by atoms with Gasteiger partial charge in [-0.25, -0.2) is 9.18 Å².